The van der Waals surface area contributed by atoms with Gasteiger partial charge in [0.25, 0.3) is 0 Å². The molecular formula is C30H29FN4O2. The van der Waals surface area contributed by atoms with Gasteiger partial charge in [0.05, 0.1) is 6.20 Å². The monoisotopic (exact) mass is 496 g/mol. The van der Waals surface area contributed by atoms with E-state index in [9.17, 15) is 9.18 Å². The van der Waals surface area contributed by atoms with Gasteiger partial charge in [0.15, 0.2) is 11.7 Å². The number of carbonyl (C=O) groups excluding carboxylic acids is 1. The number of halogens is 1. The molecule has 7 heteroatoms. The molecule has 0 spiro atoms. The zero-order valence-electron chi connectivity index (χ0n) is 20.9. The standard InChI is InChI=1S/C30H29FN4O2/c1-35(2)23-13-9-20(10-14-23)25(26-18-32-27-6-4-3-5-24(26)27)17-33-29(36)15-16-30-34-19-28(37-30)21-7-11-22(31)12-8-21/h3-14,18-19,25,32H,15-17H2,1-2H3,(H,33,36). The Bertz CT molecular complexity index is 1490. The Labute approximate surface area is 215 Å². The van der Waals surface area contributed by atoms with Crippen LogP contribution in [0, 0.1) is 5.82 Å². The lowest BCUT2D eigenvalue weighted by Crippen LogP contribution is -2.29. The maximum Gasteiger partial charge on any atom is 0.220 e. The molecule has 5 rings (SSSR count). The molecule has 1 unspecified atom stereocenters. The SMILES string of the molecule is CN(C)c1ccc(C(CNC(=O)CCc2ncc(-c3ccc(F)cc3)o2)c2c[nH]c3ccccc23)cc1. The van der Waals surface area contributed by atoms with Gasteiger partial charge in [-0.15, -0.1) is 0 Å². The topological polar surface area (TPSA) is 74.2 Å². The molecule has 1 amide bonds. The molecule has 1 atom stereocenters. The van der Waals surface area contributed by atoms with Gasteiger partial charge in [-0.05, 0) is 53.6 Å². The van der Waals surface area contributed by atoms with Crippen molar-refractivity contribution in [2.75, 3.05) is 25.5 Å². The zero-order valence-corrected chi connectivity index (χ0v) is 20.9. The molecule has 188 valence electrons. The molecule has 0 aliphatic carbocycles. The fourth-order valence-corrected chi connectivity index (χ4v) is 4.49. The van der Waals surface area contributed by atoms with Crippen molar-refractivity contribution >= 4 is 22.5 Å². The highest BCUT2D eigenvalue weighted by molar-refractivity contribution is 5.84. The van der Waals surface area contributed by atoms with E-state index in [2.05, 4.69) is 56.6 Å². The molecule has 0 saturated heterocycles. The van der Waals surface area contributed by atoms with Crippen LogP contribution in [0.2, 0.25) is 0 Å². The summed E-state index contributed by atoms with van der Waals surface area (Å²) >= 11 is 0. The summed E-state index contributed by atoms with van der Waals surface area (Å²) < 4.78 is 18.9. The number of benzene rings is 3. The quantitative estimate of drug-likeness (QED) is 0.266. The van der Waals surface area contributed by atoms with Crippen LogP contribution in [-0.2, 0) is 11.2 Å². The smallest absolute Gasteiger partial charge is 0.220 e. The number of fused-ring (bicyclic) bond motifs is 1. The van der Waals surface area contributed by atoms with Crippen molar-refractivity contribution < 1.29 is 13.6 Å². The van der Waals surface area contributed by atoms with Crippen molar-refractivity contribution in [3.05, 3.63) is 108 Å². The second-order valence-corrected chi connectivity index (χ2v) is 9.26. The van der Waals surface area contributed by atoms with Crippen molar-refractivity contribution in [3.8, 4) is 11.3 Å². The molecule has 0 aliphatic rings. The highest BCUT2D eigenvalue weighted by atomic mass is 19.1. The Morgan fingerprint density at radius 2 is 1.81 bits per heavy atom. The van der Waals surface area contributed by atoms with Gasteiger partial charge in [0.1, 0.15) is 5.82 Å². The minimum absolute atomic E-state index is 0.0110. The third-order valence-corrected chi connectivity index (χ3v) is 6.56. The van der Waals surface area contributed by atoms with Gasteiger partial charge >= 0.3 is 0 Å². The molecule has 37 heavy (non-hydrogen) atoms. The van der Waals surface area contributed by atoms with Crippen molar-refractivity contribution in [2.24, 2.45) is 0 Å². The summed E-state index contributed by atoms with van der Waals surface area (Å²) in [6, 6.07) is 22.7. The zero-order chi connectivity index (χ0) is 25.8. The van der Waals surface area contributed by atoms with Crippen LogP contribution < -0.4 is 10.2 Å². The first kappa shape index (κ1) is 24.3. The lowest BCUT2D eigenvalue weighted by molar-refractivity contribution is -0.121. The second kappa shape index (κ2) is 10.7. The number of amides is 1. The minimum atomic E-state index is -0.306. The molecule has 0 aliphatic heterocycles. The molecule has 2 aromatic heterocycles. The molecule has 2 heterocycles. The Morgan fingerprint density at radius 1 is 1.05 bits per heavy atom. The summed E-state index contributed by atoms with van der Waals surface area (Å²) in [4.78, 5) is 22.5. The van der Waals surface area contributed by atoms with Crippen molar-refractivity contribution in [2.45, 2.75) is 18.8 Å². The molecule has 5 aromatic rings. The number of carbonyl (C=O) groups is 1. The van der Waals surface area contributed by atoms with Crippen LogP contribution in [-0.4, -0.2) is 36.5 Å². The van der Waals surface area contributed by atoms with Crippen LogP contribution in [0.15, 0.2) is 89.6 Å². The lowest BCUT2D eigenvalue weighted by atomic mass is 9.90. The number of hydrogen-bond acceptors (Lipinski definition) is 4. The Balaban J connectivity index is 1.27. The number of hydrogen-bond donors (Lipinski definition) is 2. The summed E-state index contributed by atoms with van der Waals surface area (Å²) in [7, 11) is 4.03. The number of H-pyrrole nitrogens is 1. The van der Waals surface area contributed by atoms with Gasteiger partial charge in [0, 0.05) is 67.8 Å². The maximum atomic E-state index is 13.2. The first-order valence-corrected chi connectivity index (χ1v) is 12.3. The summed E-state index contributed by atoms with van der Waals surface area (Å²) in [5, 5.41) is 4.26. The van der Waals surface area contributed by atoms with E-state index >= 15 is 0 Å². The van der Waals surface area contributed by atoms with E-state index in [-0.39, 0.29) is 24.1 Å². The van der Waals surface area contributed by atoms with Crippen LogP contribution in [0.3, 0.4) is 0 Å². The summed E-state index contributed by atoms with van der Waals surface area (Å²) in [5.74, 6) is 0.636. The maximum absolute atomic E-state index is 13.2. The highest BCUT2D eigenvalue weighted by Crippen LogP contribution is 2.31. The Kier molecular flexibility index (Phi) is 7.03. The average molecular weight is 497 g/mol. The molecule has 0 bridgehead atoms. The van der Waals surface area contributed by atoms with Crippen molar-refractivity contribution in [1.29, 1.82) is 0 Å². The predicted molar refractivity (Wildman–Crippen MR) is 144 cm³/mol. The van der Waals surface area contributed by atoms with E-state index in [0.29, 0.717) is 24.6 Å². The normalized spacial score (nSPS) is 12.0. The van der Waals surface area contributed by atoms with Crippen LogP contribution in [0.1, 0.15) is 29.4 Å². The molecule has 2 N–H and O–H groups in total. The number of aromatic amines is 1. The third kappa shape index (κ3) is 5.56. The summed E-state index contributed by atoms with van der Waals surface area (Å²) in [6.45, 7) is 0.467. The molecule has 3 aromatic carbocycles. The second-order valence-electron chi connectivity index (χ2n) is 9.26. The van der Waals surface area contributed by atoms with Gasteiger partial charge in [-0.2, -0.15) is 0 Å². The van der Waals surface area contributed by atoms with Crippen molar-refractivity contribution in [3.63, 3.8) is 0 Å². The largest absolute Gasteiger partial charge is 0.441 e. The van der Waals surface area contributed by atoms with Crippen LogP contribution in [0.4, 0.5) is 10.1 Å². The fourth-order valence-electron chi connectivity index (χ4n) is 4.49. The summed E-state index contributed by atoms with van der Waals surface area (Å²) in [5.41, 5.74) is 5.21. The number of nitrogens with zero attached hydrogens (tertiary/aromatic N) is 2. The number of para-hydroxylation sites is 1. The Morgan fingerprint density at radius 3 is 2.57 bits per heavy atom. The number of aryl methyl sites for hydroxylation is 1. The number of rotatable bonds is 9. The van der Waals surface area contributed by atoms with Gasteiger partial charge in [-0.25, -0.2) is 9.37 Å². The highest BCUT2D eigenvalue weighted by Gasteiger charge is 2.20. The summed E-state index contributed by atoms with van der Waals surface area (Å²) in [6.07, 6.45) is 4.27. The van der Waals surface area contributed by atoms with Gasteiger partial charge in [-0.3, -0.25) is 4.79 Å². The van der Waals surface area contributed by atoms with Gasteiger partial charge < -0.3 is 19.6 Å². The first-order chi connectivity index (χ1) is 18.0. The average Bonchev–Trinajstić information content (AvgIpc) is 3.56. The first-order valence-electron chi connectivity index (χ1n) is 12.3. The van der Waals surface area contributed by atoms with Crippen molar-refractivity contribution in [1.82, 2.24) is 15.3 Å². The lowest BCUT2D eigenvalue weighted by Gasteiger charge is -2.20. The van der Waals surface area contributed by atoms with E-state index in [1.807, 2.05) is 32.4 Å². The molecular weight excluding hydrogens is 467 g/mol. The van der Waals surface area contributed by atoms with Gasteiger partial charge in [-0.1, -0.05) is 30.3 Å². The van der Waals surface area contributed by atoms with E-state index in [0.717, 1.165) is 33.3 Å². The number of oxazole rings is 1. The third-order valence-electron chi connectivity index (χ3n) is 6.56. The Hall–Kier alpha value is -4.39. The van der Waals surface area contributed by atoms with E-state index in [1.54, 1.807) is 18.3 Å². The fraction of sp³-hybridized carbons (Fsp3) is 0.200. The number of aromatic nitrogens is 2. The van der Waals surface area contributed by atoms with E-state index in [1.165, 1.54) is 12.1 Å². The van der Waals surface area contributed by atoms with Gasteiger partial charge in [0.2, 0.25) is 5.91 Å². The van der Waals surface area contributed by atoms with E-state index < -0.39 is 0 Å². The molecule has 0 fully saturated rings. The molecule has 6 nitrogen and oxygen atoms in total. The number of nitrogens with one attached hydrogen (secondary N) is 2. The predicted octanol–water partition coefficient (Wildman–Crippen LogP) is 5.91. The number of anilines is 1. The van der Waals surface area contributed by atoms with Crippen LogP contribution in [0.25, 0.3) is 22.2 Å². The molecule has 0 saturated carbocycles. The van der Waals surface area contributed by atoms with Crippen LogP contribution in [0.5, 0.6) is 0 Å². The van der Waals surface area contributed by atoms with E-state index in [4.69, 9.17) is 4.42 Å². The van der Waals surface area contributed by atoms with Crippen LogP contribution >= 0.6 is 0 Å². The molecule has 0 radical (unpaired) electrons. The minimum Gasteiger partial charge on any atom is -0.441 e.